The van der Waals surface area contributed by atoms with Gasteiger partial charge in [-0.1, -0.05) is 32.9 Å². The van der Waals surface area contributed by atoms with Gasteiger partial charge in [-0.3, -0.25) is 0 Å². The maximum Gasteiger partial charge on any atom is 0.218 e. The molecule has 0 fully saturated rings. The van der Waals surface area contributed by atoms with Gasteiger partial charge in [0.15, 0.2) is 0 Å². The molecule has 0 bridgehead atoms. The molecule has 0 aliphatic heterocycles. The highest BCUT2D eigenvalue weighted by Gasteiger charge is 2.18. The second-order valence-corrected chi connectivity index (χ2v) is 5.30. The lowest BCUT2D eigenvalue weighted by molar-refractivity contribution is 0.342. The molecule has 0 atom stereocenters. The zero-order valence-corrected chi connectivity index (χ0v) is 11.7. The average molecular weight is 285 g/mol. The molecule has 0 amide bonds. The topological polar surface area (TPSA) is 35.0 Å². The Morgan fingerprint density at radius 1 is 1.38 bits per heavy atom. The summed E-state index contributed by atoms with van der Waals surface area (Å²) in [5.41, 5.74) is -0.0809. The molecule has 3 nitrogen and oxygen atoms in total. The van der Waals surface area contributed by atoms with Gasteiger partial charge in [-0.05, 0) is 22.9 Å². The van der Waals surface area contributed by atoms with E-state index in [-0.39, 0.29) is 5.41 Å². The summed E-state index contributed by atoms with van der Waals surface area (Å²) in [6, 6.07) is 1.78. The summed E-state index contributed by atoms with van der Waals surface area (Å²) in [6.45, 7) is 8.71. The third-order valence-electron chi connectivity index (χ3n) is 1.91. The van der Waals surface area contributed by atoms with Crippen LogP contribution in [0.3, 0.4) is 0 Å². The first-order valence-electron chi connectivity index (χ1n) is 5.22. The van der Waals surface area contributed by atoms with Gasteiger partial charge in [-0.2, -0.15) is 4.98 Å². The van der Waals surface area contributed by atoms with Crippen molar-refractivity contribution in [1.29, 1.82) is 0 Å². The van der Waals surface area contributed by atoms with E-state index in [1.165, 1.54) is 0 Å². The second kappa shape index (κ2) is 5.43. The van der Waals surface area contributed by atoms with Crippen LogP contribution < -0.4 is 4.74 Å². The molecule has 0 aromatic carbocycles. The first-order valence-corrected chi connectivity index (χ1v) is 6.02. The van der Waals surface area contributed by atoms with Crippen molar-refractivity contribution in [3.05, 3.63) is 28.6 Å². The van der Waals surface area contributed by atoms with Crippen LogP contribution in [0, 0.1) is 0 Å². The number of hydrogen-bond acceptors (Lipinski definition) is 3. The van der Waals surface area contributed by atoms with Gasteiger partial charge in [0, 0.05) is 11.5 Å². The molecule has 0 aliphatic carbocycles. The molecule has 1 heterocycles. The molecular formula is C12H17BrN2O. The maximum absolute atomic E-state index is 5.50. The van der Waals surface area contributed by atoms with Crippen LogP contribution in [0.1, 0.15) is 33.5 Å². The molecule has 0 saturated heterocycles. The van der Waals surface area contributed by atoms with Crippen molar-refractivity contribution in [3.8, 4) is 5.88 Å². The Morgan fingerprint density at radius 2 is 2.06 bits per heavy atom. The van der Waals surface area contributed by atoms with E-state index >= 15 is 0 Å². The van der Waals surface area contributed by atoms with Crippen LogP contribution in [0.25, 0.3) is 0 Å². The Labute approximate surface area is 105 Å². The van der Waals surface area contributed by atoms with Gasteiger partial charge < -0.3 is 4.74 Å². The Morgan fingerprint density at radius 3 is 2.62 bits per heavy atom. The van der Waals surface area contributed by atoms with Gasteiger partial charge in [0.25, 0.3) is 0 Å². The first kappa shape index (κ1) is 13.2. The van der Waals surface area contributed by atoms with E-state index in [1.807, 2.05) is 19.1 Å². The largest absolute Gasteiger partial charge is 0.473 e. The minimum atomic E-state index is -0.0809. The lowest BCUT2D eigenvalue weighted by atomic mass is 9.96. The summed E-state index contributed by atoms with van der Waals surface area (Å²) in [5.74, 6) is 1.38. The predicted molar refractivity (Wildman–Crippen MR) is 68.7 cm³/mol. The zero-order chi connectivity index (χ0) is 12.2. The number of aromatic nitrogens is 2. The van der Waals surface area contributed by atoms with E-state index in [9.17, 15) is 0 Å². The van der Waals surface area contributed by atoms with Gasteiger partial charge in [-0.15, -0.1) is 0 Å². The smallest absolute Gasteiger partial charge is 0.218 e. The standard InChI is InChI=1S/C12H17BrN2O/c1-5-6-7-16-10-8-9(13)14-11(15-10)12(2,3)4/h5-6,8H,7H2,1-4H3/b6-5+. The quantitative estimate of drug-likeness (QED) is 0.630. The van der Waals surface area contributed by atoms with Crippen molar-refractivity contribution in [2.75, 3.05) is 6.61 Å². The summed E-state index contributed by atoms with van der Waals surface area (Å²) < 4.78 is 6.25. The molecule has 0 radical (unpaired) electrons. The lowest BCUT2D eigenvalue weighted by Crippen LogP contribution is -2.16. The van der Waals surface area contributed by atoms with Crippen LogP contribution in [0.2, 0.25) is 0 Å². The Bertz CT molecular complexity index is 383. The summed E-state index contributed by atoms with van der Waals surface area (Å²) in [4.78, 5) is 8.72. The molecule has 0 unspecified atom stereocenters. The molecule has 1 aromatic heterocycles. The van der Waals surface area contributed by atoms with Crippen molar-refractivity contribution >= 4 is 15.9 Å². The number of allylic oxidation sites excluding steroid dienone is 1. The van der Waals surface area contributed by atoms with E-state index in [0.717, 1.165) is 10.4 Å². The fraction of sp³-hybridized carbons (Fsp3) is 0.500. The monoisotopic (exact) mass is 284 g/mol. The average Bonchev–Trinajstić information content (AvgIpc) is 2.16. The Balaban J connectivity index is 2.90. The van der Waals surface area contributed by atoms with Crippen LogP contribution in [-0.4, -0.2) is 16.6 Å². The van der Waals surface area contributed by atoms with Gasteiger partial charge in [0.2, 0.25) is 5.88 Å². The molecule has 0 saturated carbocycles. The molecule has 0 spiro atoms. The number of halogens is 1. The molecule has 4 heteroatoms. The third kappa shape index (κ3) is 3.93. The van der Waals surface area contributed by atoms with Crippen molar-refractivity contribution in [2.24, 2.45) is 0 Å². The van der Waals surface area contributed by atoms with Gasteiger partial charge in [-0.25, -0.2) is 4.98 Å². The first-order chi connectivity index (χ1) is 7.43. The summed E-state index contributed by atoms with van der Waals surface area (Å²) in [7, 11) is 0. The van der Waals surface area contributed by atoms with Crippen molar-refractivity contribution in [1.82, 2.24) is 9.97 Å². The number of rotatable bonds is 3. The van der Waals surface area contributed by atoms with Gasteiger partial charge >= 0.3 is 0 Å². The van der Waals surface area contributed by atoms with Crippen LogP contribution in [0.5, 0.6) is 5.88 Å². The van der Waals surface area contributed by atoms with E-state index in [2.05, 4.69) is 46.7 Å². The highest BCUT2D eigenvalue weighted by molar-refractivity contribution is 9.10. The van der Waals surface area contributed by atoms with E-state index in [0.29, 0.717) is 12.5 Å². The summed E-state index contributed by atoms with van der Waals surface area (Å²) in [5, 5.41) is 0. The predicted octanol–water partition coefficient (Wildman–Crippen LogP) is 3.49. The van der Waals surface area contributed by atoms with Gasteiger partial charge in [0.05, 0.1) is 0 Å². The molecule has 1 rings (SSSR count). The van der Waals surface area contributed by atoms with Crippen LogP contribution in [0.4, 0.5) is 0 Å². The third-order valence-corrected chi connectivity index (χ3v) is 2.31. The summed E-state index contributed by atoms with van der Waals surface area (Å²) >= 11 is 3.37. The molecule has 88 valence electrons. The maximum atomic E-state index is 5.50. The molecule has 16 heavy (non-hydrogen) atoms. The van der Waals surface area contributed by atoms with E-state index in [1.54, 1.807) is 6.07 Å². The number of hydrogen-bond donors (Lipinski definition) is 0. The lowest BCUT2D eigenvalue weighted by Gasteiger charge is -2.17. The normalized spacial score (nSPS) is 12.1. The van der Waals surface area contributed by atoms with Crippen LogP contribution in [0.15, 0.2) is 22.8 Å². The Kier molecular flexibility index (Phi) is 4.47. The molecule has 0 aliphatic rings. The molecular weight excluding hydrogens is 268 g/mol. The zero-order valence-electron chi connectivity index (χ0n) is 10.1. The SMILES string of the molecule is C/C=C/COc1cc(Br)nc(C(C)(C)C)n1. The minimum absolute atomic E-state index is 0.0809. The van der Waals surface area contributed by atoms with E-state index in [4.69, 9.17) is 4.74 Å². The minimum Gasteiger partial charge on any atom is -0.473 e. The Hall–Kier alpha value is -0.900. The number of nitrogens with zero attached hydrogens (tertiary/aromatic N) is 2. The van der Waals surface area contributed by atoms with Crippen molar-refractivity contribution < 1.29 is 4.74 Å². The molecule has 0 N–H and O–H groups in total. The van der Waals surface area contributed by atoms with Crippen LogP contribution in [-0.2, 0) is 5.41 Å². The van der Waals surface area contributed by atoms with Gasteiger partial charge in [0.1, 0.15) is 17.0 Å². The second-order valence-electron chi connectivity index (χ2n) is 4.48. The summed E-state index contributed by atoms with van der Waals surface area (Å²) in [6.07, 6.45) is 3.88. The highest BCUT2D eigenvalue weighted by atomic mass is 79.9. The molecule has 1 aromatic rings. The fourth-order valence-electron chi connectivity index (χ4n) is 1.04. The van der Waals surface area contributed by atoms with Crippen molar-refractivity contribution in [3.63, 3.8) is 0 Å². The van der Waals surface area contributed by atoms with Crippen LogP contribution >= 0.6 is 15.9 Å². The van der Waals surface area contributed by atoms with E-state index < -0.39 is 0 Å². The fourth-order valence-corrected chi connectivity index (χ4v) is 1.40. The number of ether oxygens (including phenoxy) is 1. The van der Waals surface area contributed by atoms with Crippen molar-refractivity contribution in [2.45, 2.75) is 33.1 Å². The highest BCUT2D eigenvalue weighted by Crippen LogP contribution is 2.23.